The van der Waals surface area contributed by atoms with Gasteiger partial charge >= 0.3 is 5.97 Å². The Morgan fingerprint density at radius 3 is 2.78 bits per heavy atom. The lowest BCUT2D eigenvalue weighted by Gasteiger charge is -2.37. The number of fused-ring (bicyclic) bond motifs is 2. The van der Waals surface area contributed by atoms with Gasteiger partial charge in [0, 0.05) is 17.5 Å². The van der Waals surface area contributed by atoms with Crippen molar-refractivity contribution < 1.29 is 13.9 Å². The quantitative estimate of drug-likeness (QED) is 0.813. The Bertz CT molecular complexity index is 631. The van der Waals surface area contributed by atoms with E-state index in [9.17, 15) is 10.1 Å². The lowest BCUT2D eigenvalue weighted by molar-refractivity contribution is -0.152. The zero-order valence-corrected chi connectivity index (χ0v) is 13.3. The van der Waals surface area contributed by atoms with Gasteiger partial charge in [-0.05, 0) is 18.9 Å². The van der Waals surface area contributed by atoms with Crippen LogP contribution in [0.5, 0.6) is 0 Å². The van der Waals surface area contributed by atoms with Crippen LogP contribution in [0.1, 0.15) is 20.3 Å². The molecule has 4 nitrogen and oxygen atoms in total. The summed E-state index contributed by atoms with van der Waals surface area (Å²) in [4.78, 5) is 12.4. The minimum absolute atomic E-state index is 0.0300. The van der Waals surface area contributed by atoms with Gasteiger partial charge in [-0.1, -0.05) is 31.2 Å². The highest BCUT2D eigenvalue weighted by molar-refractivity contribution is 5.75. The summed E-state index contributed by atoms with van der Waals surface area (Å²) in [5.41, 5.74) is 1.24. The Kier molecular flexibility index (Phi) is 4.25. The number of carbonyl (C=O) groups excluding carboxylic acids is 1. The minimum Gasteiger partial charge on any atom is -0.466 e. The van der Waals surface area contributed by atoms with Crippen molar-refractivity contribution in [3.8, 4) is 6.07 Å². The SMILES string of the molecule is CCOC(=O)C1C(C#N)C2=C(NC3C=CC=CC23)C(F)C1CC. The van der Waals surface area contributed by atoms with Crippen LogP contribution in [0, 0.1) is 35.0 Å². The highest BCUT2D eigenvalue weighted by atomic mass is 19.1. The molecule has 0 amide bonds. The summed E-state index contributed by atoms with van der Waals surface area (Å²) in [6.07, 6.45) is 7.01. The molecule has 23 heavy (non-hydrogen) atoms. The van der Waals surface area contributed by atoms with E-state index in [1.807, 2.05) is 31.2 Å². The zero-order valence-electron chi connectivity index (χ0n) is 13.3. The second-order valence-corrected chi connectivity index (χ2v) is 6.19. The van der Waals surface area contributed by atoms with Gasteiger partial charge in [0.1, 0.15) is 6.17 Å². The lowest BCUT2D eigenvalue weighted by atomic mass is 9.66. The van der Waals surface area contributed by atoms with E-state index in [4.69, 9.17) is 4.74 Å². The van der Waals surface area contributed by atoms with Crippen LogP contribution in [0.3, 0.4) is 0 Å². The van der Waals surface area contributed by atoms with Crippen molar-refractivity contribution in [2.75, 3.05) is 6.61 Å². The van der Waals surface area contributed by atoms with Crippen LogP contribution < -0.4 is 5.32 Å². The van der Waals surface area contributed by atoms with E-state index in [2.05, 4.69) is 11.4 Å². The van der Waals surface area contributed by atoms with Crippen molar-refractivity contribution in [2.45, 2.75) is 32.5 Å². The Hall–Kier alpha value is -2.09. The van der Waals surface area contributed by atoms with Crippen molar-refractivity contribution in [3.63, 3.8) is 0 Å². The molecule has 3 rings (SSSR count). The summed E-state index contributed by atoms with van der Waals surface area (Å²) in [6.45, 7) is 3.81. The number of nitrogens with one attached hydrogen (secondary N) is 1. The molecule has 1 N–H and O–H groups in total. The first kappa shape index (κ1) is 15.8. The number of nitriles is 1. The molecule has 0 radical (unpaired) electrons. The Balaban J connectivity index is 2.05. The van der Waals surface area contributed by atoms with Crippen molar-refractivity contribution in [1.29, 1.82) is 5.26 Å². The van der Waals surface area contributed by atoms with Gasteiger partial charge in [-0.3, -0.25) is 4.79 Å². The number of halogens is 1. The number of ether oxygens (including phenoxy) is 1. The van der Waals surface area contributed by atoms with E-state index in [-0.39, 0.29) is 18.6 Å². The van der Waals surface area contributed by atoms with Crippen LogP contribution >= 0.6 is 0 Å². The maximum absolute atomic E-state index is 15.1. The van der Waals surface area contributed by atoms with Crippen molar-refractivity contribution in [2.24, 2.45) is 23.7 Å². The van der Waals surface area contributed by atoms with Crippen LogP contribution in [0.2, 0.25) is 0 Å². The maximum atomic E-state index is 15.1. The van der Waals surface area contributed by atoms with Gasteiger partial charge in [0.2, 0.25) is 0 Å². The average Bonchev–Trinajstić information content (AvgIpc) is 2.95. The molecule has 1 heterocycles. The van der Waals surface area contributed by atoms with E-state index in [1.165, 1.54) is 0 Å². The molecule has 122 valence electrons. The second-order valence-electron chi connectivity index (χ2n) is 6.19. The molecular weight excluding hydrogens is 295 g/mol. The van der Waals surface area contributed by atoms with E-state index in [1.54, 1.807) is 6.92 Å². The summed E-state index contributed by atoms with van der Waals surface area (Å²) < 4.78 is 20.3. The van der Waals surface area contributed by atoms with Gasteiger partial charge in [-0.2, -0.15) is 5.26 Å². The number of nitrogens with zero attached hydrogens (tertiary/aromatic N) is 1. The maximum Gasteiger partial charge on any atom is 0.311 e. The van der Waals surface area contributed by atoms with Gasteiger partial charge in [0.25, 0.3) is 0 Å². The molecule has 5 heteroatoms. The third kappa shape index (κ3) is 2.37. The molecule has 6 unspecified atom stereocenters. The van der Waals surface area contributed by atoms with Crippen LogP contribution in [-0.4, -0.2) is 24.8 Å². The van der Waals surface area contributed by atoms with Gasteiger partial charge in [0.05, 0.1) is 30.6 Å². The van der Waals surface area contributed by atoms with Gasteiger partial charge in [0.15, 0.2) is 0 Å². The molecule has 0 aromatic carbocycles. The fourth-order valence-corrected chi connectivity index (χ4v) is 4.10. The highest BCUT2D eigenvalue weighted by Gasteiger charge is 2.53. The summed E-state index contributed by atoms with van der Waals surface area (Å²) in [5, 5.41) is 13.0. The second kappa shape index (κ2) is 6.19. The van der Waals surface area contributed by atoms with Crippen molar-refractivity contribution >= 4 is 5.97 Å². The first-order chi connectivity index (χ1) is 11.1. The standard InChI is InChI=1S/C18H21FN2O2/c1-3-10-15(18(22)23-4-2)12(9-20)14-11-7-5-6-8-13(11)21-17(14)16(10)19/h5-8,10-13,15-16,21H,3-4H2,1-2H3. The van der Waals surface area contributed by atoms with Gasteiger partial charge < -0.3 is 10.1 Å². The van der Waals surface area contributed by atoms with Crippen molar-refractivity contribution in [1.82, 2.24) is 5.32 Å². The van der Waals surface area contributed by atoms with Crippen LogP contribution in [0.15, 0.2) is 35.6 Å². The molecule has 0 saturated heterocycles. The normalized spacial score (nSPS) is 37.7. The fourth-order valence-electron chi connectivity index (χ4n) is 4.10. The molecule has 0 aromatic rings. The molecule has 0 fully saturated rings. The van der Waals surface area contributed by atoms with E-state index >= 15 is 4.39 Å². The van der Waals surface area contributed by atoms with Crippen LogP contribution in [0.25, 0.3) is 0 Å². The molecule has 3 aliphatic rings. The molecule has 0 aromatic heterocycles. The summed E-state index contributed by atoms with van der Waals surface area (Å²) >= 11 is 0. The van der Waals surface area contributed by atoms with E-state index < -0.39 is 29.9 Å². The number of hydrogen-bond donors (Lipinski definition) is 1. The molecule has 0 bridgehead atoms. The molecule has 0 saturated carbocycles. The topological polar surface area (TPSA) is 62.1 Å². The third-order valence-corrected chi connectivity index (χ3v) is 5.10. The predicted molar refractivity (Wildman–Crippen MR) is 83.6 cm³/mol. The average molecular weight is 316 g/mol. The fraction of sp³-hybridized carbons (Fsp3) is 0.556. The number of hydrogen-bond acceptors (Lipinski definition) is 4. The van der Waals surface area contributed by atoms with Gasteiger partial charge in [-0.15, -0.1) is 0 Å². The molecule has 2 aliphatic carbocycles. The smallest absolute Gasteiger partial charge is 0.311 e. The third-order valence-electron chi connectivity index (χ3n) is 5.10. The summed E-state index contributed by atoms with van der Waals surface area (Å²) in [5.74, 6) is -2.43. The van der Waals surface area contributed by atoms with Crippen LogP contribution in [-0.2, 0) is 9.53 Å². The minimum atomic E-state index is -1.26. The molecule has 6 atom stereocenters. The zero-order chi connectivity index (χ0) is 16.6. The number of esters is 1. The molecular formula is C18H21FN2O2. The van der Waals surface area contributed by atoms with Crippen molar-refractivity contribution in [3.05, 3.63) is 35.6 Å². The first-order valence-electron chi connectivity index (χ1n) is 8.19. The number of carbonyl (C=O) groups is 1. The molecule has 1 aliphatic heterocycles. The van der Waals surface area contributed by atoms with Gasteiger partial charge in [-0.25, -0.2) is 4.39 Å². The first-order valence-corrected chi connectivity index (χ1v) is 8.19. The van der Waals surface area contributed by atoms with E-state index in [0.717, 1.165) is 5.57 Å². The lowest BCUT2D eigenvalue weighted by Crippen LogP contribution is -2.43. The Labute approximate surface area is 135 Å². The number of alkyl halides is 1. The number of rotatable bonds is 3. The summed E-state index contributed by atoms with van der Waals surface area (Å²) in [7, 11) is 0. The Morgan fingerprint density at radius 1 is 1.39 bits per heavy atom. The Morgan fingerprint density at radius 2 is 2.13 bits per heavy atom. The van der Waals surface area contributed by atoms with Crippen LogP contribution in [0.4, 0.5) is 4.39 Å². The highest BCUT2D eigenvalue weighted by Crippen LogP contribution is 2.48. The molecule has 0 spiro atoms. The monoisotopic (exact) mass is 316 g/mol. The largest absolute Gasteiger partial charge is 0.466 e. The summed E-state index contributed by atoms with van der Waals surface area (Å²) in [6, 6.07) is 2.23. The number of allylic oxidation sites excluding steroid dienone is 3. The predicted octanol–water partition coefficient (Wildman–Crippen LogP) is 2.65. The van der Waals surface area contributed by atoms with E-state index in [0.29, 0.717) is 12.1 Å².